The molecule has 2 aromatic rings. The van der Waals surface area contributed by atoms with Crippen molar-refractivity contribution in [2.45, 2.75) is 33.4 Å². The molecule has 0 saturated heterocycles. The number of nitrogens with two attached hydrogens (primary N) is 1. The molecule has 1 aromatic heterocycles. The summed E-state index contributed by atoms with van der Waals surface area (Å²) in [6, 6.07) is 8.05. The summed E-state index contributed by atoms with van der Waals surface area (Å²) < 4.78 is 1.97. The number of carbonyl (C=O) groups is 1. The molecule has 1 aromatic carbocycles. The van der Waals surface area contributed by atoms with Gasteiger partial charge in [-0.15, -0.1) is 0 Å². The lowest BCUT2D eigenvalue weighted by Gasteiger charge is -2.08. The van der Waals surface area contributed by atoms with Crippen LogP contribution < -0.4 is 11.1 Å². The van der Waals surface area contributed by atoms with Crippen LogP contribution >= 0.6 is 0 Å². The number of benzene rings is 1. The summed E-state index contributed by atoms with van der Waals surface area (Å²) in [7, 11) is 0. The Labute approximate surface area is 120 Å². The first-order valence-electron chi connectivity index (χ1n) is 7.15. The van der Waals surface area contributed by atoms with Gasteiger partial charge in [0.1, 0.15) is 6.54 Å². The van der Waals surface area contributed by atoms with E-state index < -0.39 is 0 Å². The number of hydrogen-bond acceptors (Lipinski definition) is 2. The predicted octanol–water partition coefficient (Wildman–Crippen LogP) is 2.26. The van der Waals surface area contributed by atoms with Crippen LogP contribution in [0.2, 0.25) is 0 Å². The summed E-state index contributed by atoms with van der Waals surface area (Å²) in [5.41, 5.74) is 7.90. The minimum atomic E-state index is 0.0509. The van der Waals surface area contributed by atoms with Crippen LogP contribution in [0.3, 0.4) is 0 Å². The molecule has 0 aliphatic carbocycles. The maximum absolute atomic E-state index is 12.0. The number of hydrogen-bond donors (Lipinski definition) is 2. The van der Waals surface area contributed by atoms with Crippen LogP contribution in [0.4, 0.5) is 0 Å². The molecule has 20 heavy (non-hydrogen) atoms. The van der Waals surface area contributed by atoms with Crippen molar-refractivity contribution in [3.8, 4) is 0 Å². The van der Waals surface area contributed by atoms with Crippen LogP contribution in [0.25, 0.3) is 10.9 Å². The molecule has 4 nitrogen and oxygen atoms in total. The lowest BCUT2D eigenvalue weighted by Crippen LogP contribution is -2.28. The molecule has 3 N–H and O–H groups in total. The fraction of sp³-hybridized carbons (Fsp3) is 0.438. The quantitative estimate of drug-likeness (QED) is 0.848. The molecular weight excluding hydrogens is 250 g/mol. The van der Waals surface area contributed by atoms with Gasteiger partial charge in [-0.05, 0) is 24.0 Å². The summed E-state index contributed by atoms with van der Waals surface area (Å²) >= 11 is 0. The molecule has 0 aliphatic rings. The molecule has 2 rings (SSSR count). The molecule has 0 atom stereocenters. The van der Waals surface area contributed by atoms with Crippen molar-refractivity contribution in [2.24, 2.45) is 11.7 Å². The van der Waals surface area contributed by atoms with E-state index in [0.29, 0.717) is 19.0 Å². The van der Waals surface area contributed by atoms with Crippen LogP contribution in [-0.2, 0) is 17.9 Å². The second kappa shape index (κ2) is 6.57. The maximum Gasteiger partial charge on any atom is 0.239 e. The van der Waals surface area contributed by atoms with Crippen LogP contribution in [0, 0.1) is 5.92 Å². The Morgan fingerprint density at radius 2 is 2.10 bits per heavy atom. The van der Waals surface area contributed by atoms with Crippen molar-refractivity contribution in [2.75, 3.05) is 6.54 Å². The van der Waals surface area contributed by atoms with Gasteiger partial charge in [0.05, 0.1) is 0 Å². The van der Waals surface area contributed by atoms with Gasteiger partial charge in [0.2, 0.25) is 5.91 Å². The van der Waals surface area contributed by atoms with Gasteiger partial charge < -0.3 is 15.6 Å². The summed E-state index contributed by atoms with van der Waals surface area (Å²) in [5.74, 6) is 0.654. The van der Waals surface area contributed by atoms with E-state index in [1.54, 1.807) is 0 Å². The summed E-state index contributed by atoms with van der Waals surface area (Å²) in [6.07, 6.45) is 2.99. The van der Waals surface area contributed by atoms with Gasteiger partial charge in [-0.3, -0.25) is 4.79 Å². The number of nitrogens with one attached hydrogen (secondary N) is 1. The van der Waals surface area contributed by atoms with Gasteiger partial charge in [0.25, 0.3) is 0 Å². The van der Waals surface area contributed by atoms with Crippen molar-refractivity contribution in [3.05, 3.63) is 36.0 Å². The monoisotopic (exact) mass is 273 g/mol. The first-order valence-corrected chi connectivity index (χ1v) is 7.15. The van der Waals surface area contributed by atoms with Crippen molar-refractivity contribution < 1.29 is 4.79 Å². The molecule has 0 bridgehead atoms. The van der Waals surface area contributed by atoms with Gasteiger partial charge in [-0.2, -0.15) is 0 Å². The van der Waals surface area contributed by atoms with Gasteiger partial charge in [0, 0.05) is 30.2 Å². The molecule has 0 aliphatic heterocycles. The third-order valence-corrected chi connectivity index (χ3v) is 3.45. The van der Waals surface area contributed by atoms with Gasteiger partial charge in [-0.1, -0.05) is 32.0 Å². The predicted molar refractivity (Wildman–Crippen MR) is 82.3 cm³/mol. The lowest BCUT2D eigenvalue weighted by molar-refractivity contribution is -0.121. The molecule has 1 heterocycles. The average molecular weight is 273 g/mol. The van der Waals surface area contributed by atoms with E-state index in [-0.39, 0.29) is 5.91 Å². The first kappa shape index (κ1) is 14.6. The number of fused-ring (bicyclic) bond motifs is 1. The lowest BCUT2D eigenvalue weighted by atomic mass is 10.1. The third kappa shape index (κ3) is 3.39. The topological polar surface area (TPSA) is 60.0 Å². The highest BCUT2D eigenvalue weighted by Gasteiger charge is 2.09. The fourth-order valence-corrected chi connectivity index (χ4v) is 2.33. The molecule has 0 saturated carbocycles. The number of para-hydroxylation sites is 1. The number of nitrogens with zero attached hydrogens (tertiary/aromatic N) is 1. The third-order valence-electron chi connectivity index (χ3n) is 3.45. The van der Waals surface area contributed by atoms with E-state index in [1.165, 1.54) is 0 Å². The number of aromatic nitrogens is 1. The second-order valence-electron chi connectivity index (χ2n) is 5.54. The van der Waals surface area contributed by atoms with Crippen molar-refractivity contribution in [3.63, 3.8) is 0 Å². The van der Waals surface area contributed by atoms with Gasteiger partial charge >= 0.3 is 0 Å². The SMILES string of the molecule is CC(C)CCNC(=O)Cn1cc(CN)c2ccccc21. The van der Waals surface area contributed by atoms with Gasteiger partial charge in [-0.25, -0.2) is 0 Å². The molecule has 0 unspecified atom stereocenters. The first-order chi connectivity index (χ1) is 9.61. The van der Waals surface area contributed by atoms with E-state index in [0.717, 1.165) is 29.4 Å². The highest BCUT2D eigenvalue weighted by molar-refractivity contribution is 5.86. The Morgan fingerprint density at radius 1 is 1.35 bits per heavy atom. The summed E-state index contributed by atoms with van der Waals surface area (Å²) in [6.45, 7) is 5.87. The highest BCUT2D eigenvalue weighted by atomic mass is 16.1. The number of amides is 1. The Morgan fingerprint density at radius 3 is 2.80 bits per heavy atom. The largest absolute Gasteiger partial charge is 0.355 e. The Kier molecular flexibility index (Phi) is 4.79. The van der Waals surface area contributed by atoms with E-state index in [1.807, 2.05) is 35.0 Å². The molecule has 1 amide bonds. The summed E-state index contributed by atoms with van der Waals surface area (Å²) in [5, 5.41) is 4.09. The zero-order valence-corrected chi connectivity index (χ0v) is 12.2. The fourth-order valence-electron chi connectivity index (χ4n) is 2.33. The molecule has 4 heteroatoms. The van der Waals surface area contributed by atoms with Crippen LogP contribution in [0.15, 0.2) is 30.5 Å². The average Bonchev–Trinajstić information content (AvgIpc) is 2.77. The van der Waals surface area contributed by atoms with E-state index >= 15 is 0 Å². The Hall–Kier alpha value is -1.81. The zero-order chi connectivity index (χ0) is 14.5. The van der Waals surface area contributed by atoms with Crippen LogP contribution in [0.1, 0.15) is 25.8 Å². The Balaban J connectivity index is 2.08. The van der Waals surface area contributed by atoms with Crippen molar-refractivity contribution in [1.29, 1.82) is 0 Å². The molecule has 0 spiro atoms. The zero-order valence-electron chi connectivity index (χ0n) is 12.2. The standard InChI is InChI=1S/C16H23N3O/c1-12(2)7-8-18-16(20)11-19-10-13(9-17)14-5-3-4-6-15(14)19/h3-6,10,12H,7-9,11,17H2,1-2H3,(H,18,20). The highest BCUT2D eigenvalue weighted by Crippen LogP contribution is 2.20. The van der Waals surface area contributed by atoms with E-state index in [9.17, 15) is 4.79 Å². The minimum Gasteiger partial charge on any atom is -0.355 e. The summed E-state index contributed by atoms with van der Waals surface area (Å²) in [4.78, 5) is 12.0. The molecular formula is C16H23N3O. The normalized spacial score (nSPS) is 11.2. The maximum atomic E-state index is 12.0. The Bertz CT molecular complexity index is 586. The number of rotatable bonds is 6. The van der Waals surface area contributed by atoms with E-state index in [2.05, 4.69) is 19.2 Å². The van der Waals surface area contributed by atoms with Crippen molar-refractivity contribution in [1.82, 2.24) is 9.88 Å². The minimum absolute atomic E-state index is 0.0509. The molecule has 108 valence electrons. The second-order valence-corrected chi connectivity index (χ2v) is 5.54. The smallest absolute Gasteiger partial charge is 0.239 e. The molecule has 0 fully saturated rings. The number of carbonyl (C=O) groups excluding carboxylic acids is 1. The van der Waals surface area contributed by atoms with Crippen molar-refractivity contribution >= 4 is 16.8 Å². The van der Waals surface area contributed by atoms with Gasteiger partial charge in [0.15, 0.2) is 0 Å². The van der Waals surface area contributed by atoms with E-state index in [4.69, 9.17) is 5.73 Å². The molecule has 0 radical (unpaired) electrons. The van der Waals surface area contributed by atoms with Crippen LogP contribution in [0.5, 0.6) is 0 Å². The van der Waals surface area contributed by atoms with Crippen LogP contribution in [-0.4, -0.2) is 17.0 Å².